The number of carboxylic acids is 1. The maximum atomic E-state index is 11.6. The van der Waals surface area contributed by atoms with Crippen LogP contribution in [0.4, 0.5) is 0 Å². The zero-order valence-electron chi connectivity index (χ0n) is 9.77. The highest BCUT2D eigenvalue weighted by molar-refractivity contribution is 7.81. The predicted octanol–water partition coefficient (Wildman–Crippen LogP) is 0.423. The number of rotatable bonds is 4. The van der Waals surface area contributed by atoms with Gasteiger partial charge in [0.2, 0.25) is 5.91 Å². The van der Waals surface area contributed by atoms with Crippen LogP contribution in [0.5, 0.6) is 0 Å². The summed E-state index contributed by atoms with van der Waals surface area (Å²) in [6, 6.07) is -0.862. The van der Waals surface area contributed by atoms with Crippen LogP contribution in [-0.2, 0) is 9.59 Å². The number of hydrogen-bond acceptors (Lipinski definition) is 4. The van der Waals surface area contributed by atoms with Crippen molar-refractivity contribution in [2.45, 2.75) is 44.0 Å². The van der Waals surface area contributed by atoms with Crippen molar-refractivity contribution in [3.8, 4) is 0 Å². The molecule has 1 amide bonds. The summed E-state index contributed by atoms with van der Waals surface area (Å²) in [5.41, 5.74) is 4.29. The average molecular weight is 271 g/mol. The summed E-state index contributed by atoms with van der Waals surface area (Å²) < 4.78 is -0.696. The minimum absolute atomic E-state index is 0. The van der Waals surface area contributed by atoms with Gasteiger partial charge in [-0.3, -0.25) is 4.79 Å². The molecule has 0 aromatic carbocycles. The SMILES string of the molecule is CC(C)(NC(=O)[C@@H](N)C(C)(C)S)C(=O)O.Cl. The van der Waals surface area contributed by atoms with Gasteiger partial charge in [0.25, 0.3) is 0 Å². The van der Waals surface area contributed by atoms with Crippen LogP contribution in [0.3, 0.4) is 0 Å². The highest BCUT2D eigenvalue weighted by Crippen LogP contribution is 2.16. The third-order valence-corrected chi connectivity index (χ3v) is 2.29. The lowest BCUT2D eigenvalue weighted by molar-refractivity contribution is -0.146. The van der Waals surface area contributed by atoms with Crippen molar-refractivity contribution in [2.24, 2.45) is 5.73 Å². The molecule has 96 valence electrons. The monoisotopic (exact) mass is 270 g/mol. The van der Waals surface area contributed by atoms with Crippen LogP contribution in [0.15, 0.2) is 0 Å². The lowest BCUT2D eigenvalue weighted by Crippen LogP contribution is -2.58. The molecule has 0 spiro atoms. The van der Waals surface area contributed by atoms with Gasteiger partial charge >= 0.3 is 5.97 Å². The molecule has 16 heavy (non-hydrogen) atoms. The normalized spacial score (nSPS) is 13.6. The smallest absolute Gasteiger partial charge is 0.328 e. The van der Waals surface area contributed by atoms with Crippen LogP contribution < -0.4 is 11.1 Å². The molecule has 0 fully saturated rings. The largest absolute Gasteiger partial charge is 0.480 e. The van der Waals surface area contributed by atoms with Crippen LogP contribution in [0.25, 0.3) is 0 Å². The second-order valence-corrected chi connectivity index (χ2v) is 5.70. The Hall–Kier alpha value is -0.460. The molecule has 7 heteroatoms. The third-order valence-electron chi connectivity index (χ3n) is 2.01. The van der Waals surface area contributed by atoms with Gasteiger partial charge in [0.1, 0.15) is 5.54 Å². The number of carboxylic acid groups (broad SMARTS) is 1. The highest BCUT2D eigenvalue weighted by Gasteiger charge is 2.35. The van der Waals surface area contributed by atoms with Crippen LogP contribution >= 0.6 is 25.0 Å². The Bertz CT molecular complexity index is 276. The molecule has 0 radical (unpaired) electrons. The van der Waals surface area contributed by atoms with Crippen LogP contribution in [0.1, 0.15) is 27.7 Å². The topological polar surface area (TPSA) is 92.4 Å². The quantitative estimate of drug-likeness (QED) is 0.557. The average Bonchev–Trinajstić information content (AvgIpc) is 2.00. The lowest BCUT2D eigenvalue weighted by atomic mass is 10.0. The Kier molecular flexibility index (Phi) is 6.43. The first-order chi connectivity index (χ1) is 6.48. The van der Waals surface area contributed by atoms with Gasteiger partial charge in [-0.2, -0.15) is 12.6 Å². The van der Waals surface area contributed by atoms with E-state index in [1.54, 1.807) is 13.8 Å². The van der Waals surface area contributed by atoms with E-state index in [0.717, 1.165) is 0 Å². The third kappa shape index (κ3) is 5.05. The van der Waals surface area contributed by atoms with E-state index in [1.807, 2.05) is 0 Å². The first-order valence-electron chi connectivity index (χ1n) is 4.52. The first-order valence-corrected chi connectivity index (χ1v) is 4.96. The Labute approximate surface area is 107 Å². The summed E-state index contributed by atoms with van der Waals surface area (Å²) in [7, 11) is 0. The molecule has 0 aliphatic carbocycles. The predicted molar refractivity (Wildman–Crippen MR) is 68.1 cm³/mol. The van der Waals surface area contributed by atoms with Crippen molar-refractivity contribution in [3.05, 3.63) is 0 Å². The van der Waals surface area contributed by atoms with E-state index >= 15 is 0 Å². The number of thiol groups is 1. The number of halogens is 1. The summed E-state index contributed by atoms with van der Waals surface area (Å²) >= 11 is 4.16. The molecule has 0 unspecified atom stereocenters. The van der Waals surface area contributed by atoms with Crippen LogP contribution in [-0.4, -0.2) is 33.3 Å². The molecule has 1 atom stereocenters. The molecule has 0 saturated carbocycles. The molecule has 0 aromatic rings. The lowest BCUT2D eigenvalue weighted by Gasteiger charge is -2.29. The molecular formula is C9H19ClN2O3S. The van der Waals surface area contributed by atoms with Crippen molar-refractivity contribution < 1.29 is 14.7 Å². The summed E-state index contributed by atoms with van der Waals surface area (Å²) in [6.45, 7) is 6.17. The summed E-state index contributed by atoms with van der Waals surface area (Å²) in [5.74, 6) is -1.64. The fourth-order valence-corrected chi connectivity index (χ4v) is 0.877. The fourth-order valence-electron chi connectivity index (χ4n) is 0.760. The van der Waals surface area contributed by atoms with Gasteiger partial charge in [0.05, 0.1) is 6.04 Å². The van der Waals surface area contributed by atoms with Gasteiger partial charge in [-0.05, 0) is 27.7 Å². The summed E-state index contributed by atoms with van der Waals surface area (Å²) in [4.78, 5) is 22.3. The van der Waals surface area contributed by atoms with Gasteiger partial charge in [-0.25, -0.2) is 4.79 Å². The minimum atomic E-state index is -1.33. The molecule has 0 aliphatic heterocycles. The van der Waals surface area contributed by atoms with E-state index in [2.05, 4.69) is 17.9 Å². The molecule has 0 saturated heterocycles. The molecule has 5 nitrogen and oxygen atoms in total. The number of amides is 1. The van der Waals surface area contributed by atoms with Gasteiger partial charge < -0.3 is 16.2 Å². The van der Waals surface area contributed by atoms with Gasteiger partial charge in [-0.1, -0.05) is 0 Å². The Balaban J connectivity index is 0. The number of carbonyl (C=O) groups excluding carboxylic acids is 1. The van der Waals surface area contributed by atoms with E-state index in [9.17, 15) is 9.59 Å². The number of nitrogens with two attached hydrogens (primary N) is 1. The van der Waals surface area contributed by atoms with E-state index in [0.29, 0.717) is 0 Å². The zero-order chi connectivity index (χ0) is 12.4. The Morgan fingerprint density at radius 2 is 1.69 bits per heavy atom. The standard InChI is InChI=1S/C9H18N2O3S.ClH/c1-8(2,7(13)14)11-6(12)5(10)9(3,4)15;/h5,15H,10H2,1-4H3,(H,11,12)(H,13,14);1H/t5-;/m1./s1. The molecule has 0 bridgehead atoms. The number of nitrogens with one attached hydrogen (secondary N) is 1. The van der Waals surface area contributed by atoms with Crippen LogP contribution in [0.2, 0.25) is 0 Å². The second kappa shape index (κ2) is 5.75. The Morgan fingerprint density at radius 1 is 1.31 bits per heavy atom. The molecule has 0 rings (SSSR count). The molecule has 0 aromatic heterocycles. The summed E-state index contributed by atoms with van der Waals surface area (Å²) in [5, 5.41) is 11.1. The van der Waals surface area contributed by atoms with Gasteiger partial charge in [0.15, 0.2) is 0 Å². The van der Waals surface area contributed by atoms with Gasteiger partial charge in [-0.15, -0.1) is 12.4 Å². The highest BCUT2D eigenvalue weighted by atomic mass is 35.5. The van der Waals surface area contributed by atoms with Crippen molar-refractivity contribution in [1.82, 2.24) is 5.32 Å². The van der Waals surface area contributed by atoms with E-state index in [1.165, 1.54) is 13.8 Å². The number of aliphatic carboxylic acids is 1. The summed E-state index contributed by atoms with van der Waals surface area (Å²) in [6.07, 6.45) is 0. The van der Waals surface area contributed by atoms with E-state index < -0.39 is 28.2 Å². The first kappa shape index (κ1) is 17.9. The van der Waals surface area contributed by atoms with E-state index in [4.69, 9.17) is 10.8 Å². The van der Waals surface area contributed by atoms with Crippen LogP contribution in [0, 0.1) is 0 Å². The molecule has 0 heterocycles. The maximum absolute atomic E-state index is 11.6. The molecule has 4 N–H and O–H groups in total. The van der Waals surface area contributed by atoms with Crippen molar-refractivity contribution in [3.63, 3.8) is 0 Å². The van der Waals surface area contributed by atoms with Crippen molar-refractivity contribution in [2.75, 3.05) is 0 Å². The number of carbonyl (C=O) groups is 2. The zero-order valence-corrected chi connectivity index (χ0v) is 11.5. The minimum Gasteiger partial charge on any atom is -0.480 e. The van der Waals surface area contributed by atoms with E-state index in [-0.39, 0.29) is 12.4 Å². The molecule has 0 aliphatic rings. The maximum Gasteiger partial charge on any atom is 0.328 e. The van der Waals surface area contributed by atoms with Crippen molar-refractivity contribution >= 4 is 36.9 Å². The molecular weight excluding hydrogens is 252 g/mol. The Morgan fingerprint density at radius 3 is 1.94 bits per heavy atom. The van der Waals surface area contributed by atoms with Gasteiger partial charge in [0, 0.05) is 4.75 Å². The second-order valence-electron chi connectivity index (χ2n) is 4.55. The van der Waals surface area contributed by atoms with Crippen molar-refractivity contribution in [1.29, 1.82) is 0 Å². The number of hydrogen-bond donors (Lipinski definition) is 4. The fraction of sp³-hybridized carbons (Fsp3) is 0.778.